The maximum atomic E-state index is 4.82. The van der Waals surface area contributed by atoms with Crippen LogP contribution in [0.4, 0.5) is 5.82 Å². The number of rotatable bonds is 3. The number of anilines is 1. The first-order valence-corrected chi connectivity index (χ1v) is 5.86. The van der Waals surface area contributed by atoms with Gasteiger partial charge in [0, 0.05) is 22.0 Å². The van der Waals surface area contributed by atoms with E-state index in [2.05, 4.69) is 37.2 Å². The highest BCUT2D eigenvalue weighted by atomic mass is 79.9. The van der Waals surface area contributed by atoms with Crippen molar-refractivity contribution in [2.75, 3.05) is 5.32 Å². The lowest BCUT2D eigenvalue weighted by atomic mass is 10.3. The molecule has 0 radical (unpaired) electrons. The van der Waals surface area contributed by atoms with Crippen LogP contribution in [0.2, 0.25) is 0 Å². The van der Waals surface area contributed by atoms with E-state index in [0.29, 0.717) is 0 Å². The summed E-state index contributed by atoms with van der Waals surface area (Å²) in [6.45, 7) is 2.72. The van der Waals surface area contributed by atoms with Gasteiger partial charge in [0.15, 0.2) is 5.82 Å². The van der Waals surface area contributed by atoms with E-state index >= 15 is 0 Å². The van der Waals surface area contributed by atoms with Gasteiger partial charge >= 0.3 is 0 Å². The van der Waals surface area contributed by atoms with E-state index in [4.69, 9.17) is 4.52 Å². The molecule has 74 valence electrons. The second kappa shape index (κ2) is 4.14. The summed E-state index contributed by atoms with van der Waals surface area (Å²) < 4.78 is 5.96. The van der Waals surface area contributed by atoms with Gasteiger partial charge < -0.3 is 9.84 Å². The summed E-state index contributed by atoms with van der Waals surface area (Å²) in [5.41, 5.74) is 2.26. The molecule has 5 heteroatoms. The average molecular weight is 273 g/mol. The summed E-state index contributed by atoms with van der Waals surface area (Å²) in [6, 6.07) is 0. The normalized spacial score (nSPS) is 10.4. The molecule has 14 heavy (non-hydrogen) atoms. The van der Waals surface area contributed by atoms with Gasteiger partial charge in [-0.2, -0.15) is 11.3 Å². The van der Waals surface area contributed by atoms with E-state index < -0.39 is 0 Å². The van der Waals surface area contributed by atoms with Gasteiger partial charge in [-0.25, -0.2) is 0 Å². The molecule has 1 N–H and O–H groups in total. The van der Waals surface area contributed by atoms with Crippen LogP contribution < -0.4 is 5.32 Å². The topological polar surface area (TPSA) is 38.1 Å². The third-order valence-electron chi connectivity index (χ3n) is 1.88. The molecule has 0 unspecified atom stereocenters. The van der Waals surface area contributed by atoms with E-state index in [1.165, 1.54) is 5.56 Å². The van der Waals surface area contributed by atoms with Gasteiger partial charge in [-0.3, -0.25) is 0 Å². The van der Waals surface area contributed by atoms with Gasteiger partial charge in [0.25, 0.3) is 0 Å². The zero-order chi connectivity index (χ0) is 9.97. The molecule has 0 spiro atoms. The Balaban J connectivity index is 2.02. The van der Waals surface area contributed by atoms with Crippen molar-refractivity contribution >= 4 is 33.1 Å². The lowest BCUT2D eigenvalue weighted by Gasteiger charge is -2.01. The Hall–Kier alpha value is -0.810. The zero-order valence-electron chi connectivity index (χ0n) is 7.58. The third-order valence-corrected chi connectivity index (χ3v) is 3.72. The molecule has 0 aliphatic heterocycles. The number of halogens is 1. The molecular formula is C9H9BrN2OS. The molecule has 0 aliphatic rings. The minimum atomic E-state index is 0.761. The van der Waals surface area contributed by atoms with E-state index in [-0.39, 0.29) is 0 Å². The van der Waals surface area contributed by atoms with E-state index in [1.54, 1.807) is 17.6 Å². The van der Waals surface area contributed by atoms with Crippen molar-refractivity contribution in [2.45, 2.75) is 13.5 Å². The smallest absolute Gasteiger partial charge is 0.172 e. The third kappa shape index (κ3) is 1.99. The van der Waals surface area contributed by atoms with Crippen LogP contribution in [0.15, 0.2) is 26.0 Å². The summed E-state index contributed by atoms with van der Waals surface area (Å²) in [5.74, 6) is 0.808. The van der Waals surface area contributed by atoms with E-state index in [1.807, 2.05) is 6.92 Å². The van der Waals surface area contributed by atoms with Crippen LogP contribution in [0.3, 0.4) is 0 Å². The molecule has 0 amide bonds. The zero-order valence-corrected chi connectivity index (χ0v) is 9.98. The Kier molecular flexibility index (Phi) is 2.88. The van der Waals surface area contributed by atoms with Crippen molar-refractivity contribution in [3.05, 3.63) is 32.6 Å². The minimum Gasteiger partial charge on any atom is -0.363 e. The molecule has 0 fully saturated rings. The fraction of sp³-hybridized carbons (Fsp3) is 0.222. The highest BCUT2D eigenvalue weighted by molar-refractivity contribution is 9.10. The van der Waals surface area contributed by atoms with Crippen molar-refractivity contribution in [2.24, 2.45) is 0 Å². The summed E-state index contributed by atoms with van der Waals surface area (Å²) >= 11 is 5.15. The average Bonchev–Trinajstić information content (AvgIpc) is 2.72. The largest absolute Gasteiger partial charge is 0.363 e. The summed E-state index contributed by atoms with van der Waals surface area (Å²) in [5, 5.41) is 11.2. The lowest BCUT2D eigenvalue weighted by molar-refractivity contribution is 0.421. The fourth-order valence-corrected chi connectivity index (χ4v) is 2.51. The van der Waals surface area contributed by atoms with Gasteiger partial charge in [-0.1, -0.05) is 5.16 Å². The first kappa shape index (κ1) is 9.73. The number of hydrogen-bond donors (Lipinski definition) is 1. The second-order valence-electron chi connectivity index (χ2n) is 2.94. The highest BCUT2D eigenvalue weighted by Crippen LogP contribution is 2.22. The van der Waals surface area contributed by atoms with Gasteiger partial charge in [-0.05, 0) is 33.8 Å². The fourth-order valence-electron chi connectivity index (χ4n) is 1.07. The van der Waals surface area contributed by atoms with Crippen LogP contribution >= 0.6 is 27.3 Å². The van der Waals surface area contributed by atoms with Crippen molar-refractivity contribution < 1.29 is 4.52 Å². The minimum absolute atomic E-state index is 0.761. The Labute approximate surface area is 94.2 Å². The maximum absolute atomic E-state index is 4.82. The molecule has 0 aromatic carbocycles. The molecule has 0 bridgehead atoms. The van der Waals surface area contributed by atoms with Crippen molar-refractivity contribution in [1.82, 2.24) is 5.16 Å². The number of aromatic nitrogens is 1. The van der Waals surface area contributed by atoms with Crippen molar-refractivity contribution in [3.63, 3.8) is 0 Å². The summed E-state index contributed by atoms with van der Waals surface area (Å²) in [6.07, 6.45) is 1.63. The van der Waals surface area contributed by atoms with Gasteiger partial charge in [0.05, 0.1) is 0 Å². The Morgan fingerprint density at radius 3 is 3.00 bits per heavy atom. The Morgan fingerprint density at radius 1 is 1.57 bits per heavy atom. The Morgan fingerprint density at radius 2 is 2.43 bits per heavy atom. The number of nitrogens with one attached hydrogen (secondary N) is 1. The molecule has 2 aromatic heterocycles. The molecule has 2 rings (SSSR count). The predicted octanol–water partition coefficient (Wildman–Crippen LogP) is 3.42. The molecule has 3 nitrogen and oxygen atoms in total. The number of hydrogen-bond acceptors (Lipinski definition) is 4. The summed E-state index contributed by atoms with van der Waals surface area (Å²) in [4.78, 5) is 0. The highest BCUT2D eigenvalue weighted by Gasteiger charge is 2.04. The quantitative estimate of drug-likeness (QED) is 0.931. The molecular weight excluding hydrogens is 264 g/mol. The van der Waals surface area contributed by atoms with Crippen molar-refractivity contribution in [3.8, 4) is 0 Å². The number of thiophene rings is 1. The lowest BCUT2D eigenvalue weighted by Crippen LogP contribution is -1.99. The van der Waals surface area contributed by atoms with Gasteiger partial charge in [0.1, 0.15) is 6.26 Å². The van der Waals surface area contributed by atoms with Gasteiger partial charge in [0.2, 0.25) is 0 Å². The SMILES string of the molecule is Cc1conc1NCc1cscc1Br. The molecule has 0 aliphatic carbocycles. The Bertz CT molecular complexity index is 384. The molecule has 0 saturated heterocycles. The van der Waals surface area contributed by atoms with E-state index in [9.17, 15) is 0 Å². The monoisotopic (exact) mass is 272 g/mol. The second-order valence-corrected chi connectivity index (χ2v) is 4.54. The van der Waals surface area contributed by atoms with Crippen LogP contribution in [0.25, 0.3) is 0 Å². The number of nitrogens with zero attached hydrogens (tertiary/aromatic N) is 1. The van der Waals surface area contributed by atoms with Crippen LogP contribution in [0.5, 0.6) is 0 Å². The number of aryl methyl sites for hydroxylation is 1. The van der Waals surface area contributed by atoms with Gasteiger partial charge in [-0.15, -0.1) is 0 Å². The summed E-state index contributed by atoms with van der Waals surface area (Å²) in [7, 11) is 0. The van der Waals surface area contributed by atoms with Crippen LogP contribution in [0, 0.1) is 6.92 Å². The molecule has 0 atom stereocenters. The first-order valence-electron chi connectivity index (χ1n) is 4.13. The molecule has 2 heterocycles. The van der Waals surface area contributed by atoms with Crippen LogP contribution in [-0.2, 0) is 6.54 Å². The maximum Gasteiger partial charge on any atom is 0.172 e. The molecule has 0 saturated carbocycles. The van der Waals surface area contributed by atoms with Crippen LogP contribution in [0.1, 0.15) is 11.1 Å². The van der Waals surface area contributed by atoms with Crippen molar-refractivity contribution in [1.29, 1.82) is 0 Å². The predicted molar refractivity (Wildman–Crippen MR) is 60.6 cm³/mol. The molecule has 2 aromatic rings. The van der Waals surface area contributed by atoms with E-state index in [0.717, 1.165) is 22.4 Å². The van der Waals surface area contributed by atoms with Crippen LogP contribution in [-0.4, -0.2) is 5.16 Å². The first-order chi connectivity index (χ1) is 6.77. The standard InChI is InChI=1S/C9H9BrN2OS/c1-6-3-13-12-9(6)11-2-7-4-14-5-8(7)10/h3-5H,2H2,1H3,(H,11,12).